The highest BCUT2D eigenvalue weighted by Gasteiger charge is 1.99. The first-order valence-electron chi connectivity index (χ1n) is 4.19. The first-order chi connectivity index (χ1) is 6.84. The minimum atomic E-state index is 0.618. The van der Waals surface area contributed by atoms with E-state index in [1.165, 1.54) is 4.88 Å². The number of aromatic amines is 1. The van der Waals surface area contributed by atoms with Crippen molar-refractivity contribution in [2.24, 2.45) is 0 Å². The third-order valence-electron chi connectivity index (χ3n) is 1.64. The van der Waals surface area contributed by atoms with E-state index in [2.05, 4.69) is 30.9 Å². The highest BCUT2D eigenvalue weighted by molar-refractivity contribution is 7.11. The summed E-state index contributed by atoms with van der Waals surface area (Å²) in [5, 5.41) is 17.8. The van der Waals surface area contributed by atoms with Crippen molar-refractivity contribution in [2.45, 2.75) is 20.0 Å². The molecule has 2 heterocycles. The van der Waals surface area contributed by atoms with Crippen molar-refractivity contribution >= 4 is 11.3 Å². The van der Waals surface area contributed by atoms with Gasteiger partial charge in [0.1, 0.15) is 0 Å². The number of thiazole rings is 1. The van der Waals surface area contributed by atoms with Crippen LogP contribution in [0.4, 0.5) is 0 Å². The summed E-state index contributed by atoms with van der Waals surface area (Å²) in [5.41, 5.74) is 0. The van der Waals surface area contributed by atoms with Gasteiger partial charge in [-0.25, -0.2) is 4.98 Å². The zero-order valence-electron chi connectivity index (χ0n) is 7.69. The lowest BCUT2D eigenvalue weighted by Crippen LogP contribution is -2.12. The molecule has 0 spiro atoms. The van der Waals surface area contributed by atoms with Crippen LogP contribution in [0.3, 0.4) is 0 Å². The maximum Gasteiger partial charge on any atom is 0.188 e. The molecule has 74 valence electrons. The number of aromatic nitrogens is 5. The van der Waals surface area contributed by atoms with E-state index < -0.39 is 0 Å². The largest absolute Gasteiger partial charge is 0.305 e. The van der Waals surface area contributed by atoms with E-state index in [-0.39, 0.29) is 0 Å². The molecule has 2 rings (SSSR count). The summed E-state index contributed by atoms with van der Waals surface area (Å²) in [6.45, 7) is 3.40. The van der Waals surface area contributed by atoms with Crippen molar-refractivity contribution in [3.8, 4) is 0 Å². The Kier molecular flexibility index (Phi) is 2.80. The van der Waals surface area contributed by atoms with Crippen LogP contribution >= 0.6 is 11.3 Å². The first-order valence-corrected chi connectivity index (χ1v) is 5.00. The van der Waals surface area contributed by atoms with Gasteiger partial charge in [0.2, 0.25) is 0 Å². The van der Waals surface area contributed by atoms with Gasteiger partial charge in [-0.05, 0) is 6.92 Å². The van der Waals surface area contributed by atoms with Crippen molar-refractivity contribution < 1.29 is 0 Å². The summed E-state index contributed by atoms with van der Waals surface area (Å²) in [6, 6.07) is 0. The van der Waals surface area contributed by atoms with E-state index in [4.69, 9.17) is 0 Å². The molecule has 0 unspecified atom stereocenters. The van der Waals surface area contributed by atoms with Crippen LogP contribution in [-0.2, 0) is 13.1 Å². The quantitative estimate of drug-likeness (QED) is 0.756. The molecular weight excluding hydrogens is 200 g/mol. The third kappa shape index (κ3) is 2.33. The monoisotopic (exact) mass is 210 g/mol. The number of rotatable bonds is 4. The predicted molar refractivity (Wildman–Crippen MR) is 51.6 cm³/mol. The summed E-state index contributed by atoms with van der Waals surface area (Å²) in [5.74, 6) is 0.672. The zero-order valence-corrected chi connectivity index (χ0v) is 8.51. The lowest BCUT2D eigenvalue weighted by Gasteiger charge is -1.96. The van der Waals surface area contributed by atoms with Crippen LogP contribution in [-0.4, -0.2) is 25.6 Å². The van der Waals surface area contributed by atoms with Crippen molar-refractivity contribution in [3.05, 3.63) is 21.9 Å². The Bertz CT molecular complexity index is 381. The van der Waals surface area contributed by atoms with E-state index >= 15 is 0 Å². The predicted octanol–water partition coefficient (Wildman–Crippen LogP) is 0.254. The first kappa shape index (κ1) is 9.22. The average molecular weight is 210 g/mol. The highest BCUT2D eigenvalue weighted by Crippen LogP contribution is 2.10. The molecule has 6 nitrogen and oxygen atoms in total. The van der Waals surface area contributed by atoms with Crippen molar-refractivity contribution in [2.75, 3.05) is 0 Å². The molecule has 0 saturated heterocycles. The van der Waals surface area contributed by atoms with Gasteiger partial charge in [0.15, 0.2) is 5.82 Å². The van der Waals surface area contributed by atoms with Gasteiger partial charge >= 0.3 is 0 Å². The van der Waals surface area contributed by atoms with Crippen LogP contribution in [0, 0.1) is 6.92 Å². The lowest BCUT2D eigenvalue weighted by molar-refractivity contribution is 0.669. The van der Waals surface area contributed by atoms with Crippen LogP contribution < -0.4 is 5.32 Å². The summed E-state index contributed by atoms with van der Waals surface area (Å²) in [4.78, 5) is 5.37. The highest BCUT2D eigenvalue weighted by atomic mass is 32.1. The normalized spacial score (nSPS) is 10.6. The number of hydrogen-bond acceptors (Lipinski definition) is 6. The standard InChI is InChI=1S/C7H10N6S/c1-5-9-3-6(14-5)2-8-4-7-10-12-13-11-7/h3,8H,2,4H2,1H3,(H,10,11,12,13). The van der Waals surface area contributed by atoms with Crippen LogP contribution in [0.2, 0.25) is 0 Å². The third-order valence-corrected chi connectivity index (χ3v) is 2.55. The van der Waals surface area contributed by atoms with E-state index in [1.807, 2.05) is 13.1 Å². The Morgan fingerprint density at radius 1 is 1.50 bits per heavy atom. The summed E-state index contributed by atoms with van der Waals surface area (Å²) < 4.78 is 0. The summed E-state index contributed by atoms with van der Waals surface area (Å²) in [7, 11) is 0. The molecule has 0 atom stereocenters. The maximum absolute atomic E-state index is 4.16. The van der Waals surface area contributed by atoms with E-state index in [1.54, 1.807) is 11.3 Å². The molecule has 0 aliphatic carbocycles. The van der Waals surface area contributed by atoms with E-state index in [9.17, 15) is 0 Å². The van der Waals surface area contributed by atoms with Crippen molar-refractivity contribution in [3.63, 3.8) is 0 Å². The Hall–Kier alpha value is -1.34. The number of H-pyrrole nitrogens is 1. The lowest BCUT2D eigenvalue weighted by atomic mass is 10.5. The number of hydrogen-bond donors (Lipinski definition) is 2. The molecule has 0 aromatic carbocycles. The minimum absolute atomic E-state index is 0.618. The second kappa shape index (κ2) is 4.25. The molecule has 0 aliphatic heterocycles. The van der Waals surface area contributed by atoms with Gasteiger partial charge in [-0.3, -0.25) is 0 Å². The second-order valence-electron chi connectivity index (χ2n) is 2.78. The molecule has 7 heteroatoms. The van der Waals surface area contributed by atoms with E-state index in [0.717, 1.165) is 11.6 Å². The van der Waals surface area contributed by atoms with Crippen molar-refractivity contribution in [1.82, 2.24) is 30.9 Å². The number of nitrogens with zero attached hydrogens (tertiary/aromatic N) is 4. The van der Waals surface area contributed by atoms with Crippen LogP contribution in [0.5, 0.6) is 0 Å². The fourth-order valence-electron chi connectivity index (χ4n) is 1.04. The molecule has 2 aromatic heterocycles. The molecule has 0 saturated carbocycles. The average Bonchev–Trinajstić information content (AvgIpc) is 2.77. The molecule has 0 aliphatic rings. The van der Waals surface area contributed by atoms with Gasteiger partial charge in [0.25, 0.3) is 0 Å². The summed E-state index contributed by atoms with van der Waals surface area (Å²) in [6.07, 6.45) is 1.88. The van der Waals surface area contributed by atoms with Gasteiger partial charge < -0.3 is 5.32 Å². The van der Waals surface area contributed by atoms with Crippen LogP contribution in [0.1, 0.15) is 15.7 Å². The molecule has 0 radical (unpaired) electrons. The molecule has 2 N–H and O–H groups in total. The molecule has 0 fully saturated rings. The number of aryl methyl sites for hydroxylation is 1. The van der Waals surface area contributed by atoms with Crippen LogP contribution in [0.25, 0.3) is 0 Å². The van der Waals surface area contributed by atoms with E-state index in [0.29, 0.717) is 12.4 Å². The SMILES string of the molecule is Cc1ncc(CNCc2nn[nH]n2)s1. The molecule has 14 heavy (non-hydrogen) atoms. The maximum atomic E-state index is 4.16. The van der Waals surface area contributed by atoms with Gasteiger partial charge in [0, 0.05) is 17.6 Å². The molecular formula is C7H10N6S. The summed E-state index contributed by atoms with van der Waals surface area (Å²) >= 11 is 1.69. The zero-order chi connectivity index (χ0) is 9.80. The second-order valence-corrected chi connectivity index (χ2v) is 4.10. The number of nitrogens with one attached hydrogen (secondary N) is 2. The Balaban J connectivity index is 1.78. The van der Waals surface area contributed by atoms with Crippen molar-refractivity contribution in [1.29, 1.82) is 0 Å². The number of tetrazole rings is 1. The fourth-order valence-corrected chi connectivity index (χ4v) is 1.81. The molecule has 2 aromatic rings. The molecule has 0 amide bonds. The Morgan fingerprint density at radius 3 is 3.07 bits per heavy atom. The van der Waals surface area contributed by atoms with Gasteiger partial charge in [-0.2, -0.15) is 5.21 Å². The molecule has 0 bridgehead atoms. The van der Waals surface area contributed by atoms with Gasteiger partial charge in [-0.15, -0.1) is 21.5 Å². The van der Waals surface area contributed by atoms with Gasteiger partial charge in [0.05, 0.1) is 11.6 Å². The fraction of sp³-hybridized carbons (Fsp3) is 0.429. The smallest absolute Gasteiger partial charge is 0.188 e. The minimum Gasteiger partial charge on any atom is -0.305 e. The topological polar surface area (TPSA) is 79.4 Å². The van der Waals surface area contributed by atoms with Crippen LogP contribution in [0.15, 0.2) is 6.20 Å². The Labute approximate surface area is 84.8 Å². The Morgan fingerprint density at radius 2 is 2.43 bits per heavy atom. The van der Waals surface area contributed by atoms with Gasteiger partial charge in [-0.1, -0.05) is 5.21 Å².